The van der Waals surface area contributed by atoms with Gasteiger partial charge in [0, 0.05) is 24.0 Å². The molecular formula is C22H16F3N5O2. The summed E-state index contributed by atoms with van der Waals surface area (Å²) in [4.78, 5) is 25.1. The molecule has 2 aromatic heterocycles. The first-order chi connectivity index (χ1) is 15.2. The van der Waals surface area contributed by atoms with E-state index in [1.54, 1.807) is 16.9 Å². The summed E-state index contributed by atoms with van der Waals surface area (Å²) in [7, 11) is 0. The number of nitrogens with zero attached hydrogens (tertiary/aromatic N) is 4. The third-order valence-corrected chi connectivity index (χ3v) is 4.59. The summed E-state index contributed by atoms with van der Waals surface area (Å²) in [6.45, 7) is 1.51. The number of nitrogens with one attached hydrogen (secondary N) is 1. The summed E-state index contributed by atoms with van der Waals surface area (Å²) < 4.78 is 41.9. The highest BCUT2D eigenvalue weighted by Crippen LogP contribution is 2.30. The Hall–Kier alpha value is -4.21. The first kappa shape index (κ1) is 21.0. The Morgan fingerprint density at radius 2 is 1.66 bits per heavy atom. The second kappa shape index (κ2) is 8.14. The molecule has 0 bridgehead atoms. The Balaban J connectivity index is 1.64. The van der Waals surface area contributed by atoms with Crippen molar-refractivity contribution in [1.82, 2.24) is 19.6 Å². The molecule has 0 spiro atoms. The smallest absolute Gasteiger partial charge is 0.304 e. The molecule has 4 aromatic rings. The number of anilines is 1. The summed E-state index contributed by atoms with van der Waals surface area (Å²) in [6, 6.07) is 16.3. The quantitative estimate of drug-likeness (QED) is 0.521. The second-order valence-corrected chi connectivity index (χ2v) is 6.89. The van der Waals surface area contributed by atoms with Crippen LogP contribution >= 0.6 is 0 Å². The largest absolute Gasteiger partial charge is 0.416 e. The predicted molar refractivity (Wildman–Crippen MR) is 111 cm³/mol. The molecule has 0 fully saturated rings. The molecule has 0 aliphatic heterocycles. The average molecular weight is 439 g/mol. The Kier molecular flexibility index (Phi) is 5.35. The summed E-state index contributed by atoms with van der Waals surface area (Å²) in [5.74, 6) is -0.639. The van der Waals surface area contributed by atoms with Gasteiger partial charge in [-0.25, -0.2) is 9.36 Å². The topological polar surface area (TPSA) is 81.8 Å². The Morgan fingerprint density at radius 3 is 2.38 bits per heavy atom. The van der Waals surface area contributed by atoms with E-state index in [4.69, 9.17) is 0 Å². The number of carbonyl (C=O) groups excluding carboxylic acids is 1. The molecule has 4 rings (SSSR count). The van der Waals surface area contributed by atoms with E-state index in [-0.39, 0.29) is 17.2 Å². The number of para-hydroxylation sites is 1. The van der Waals surface area contributed by atoms with Crippen molar-refractivity contribution >= 4 is 11.7 Å². The number of aromatic nitrogens is 4. The highest BCUT2D eigenvalue weighted by Gasteiger charge is 2.30. The highest BCUT2D eigenvalue weighted by atomic mass is 19.4. The van der Waals surface area contributed by atoms with Crippen LogP contribution in [0.1, 0.15) is 21.7 Å². The molecule has 32 heavy (non-hydrogen) atoms. The van der Waals surface area contributed by atoms with Crippen molar-refractivity contribution in [1.29, 1.82) is 0 Å². The van der Waals surface area contributed by atoms with E-state index >= 15 is 0 Å². The predicted octanol–water partition coefficient (Wildman–Crippen LogP) is 4.00. The zero-order valence-corrected chi connectivity index (χ0v) is 16.7. The lowest BCUT2D eigenvalue weighted by Crippen LogP contribution is -2.27. The molecule has 0 saturated carbocycles. The van der Waals surface area contributed by atoms with Crippen molar-refractivity contribution in [2.24, 2.45) is 0 Å². The monoisotopic (exact) mass is 439 g/mol. The van der Waals surface area contributed by atoms with Gasteiger partial charge in [0.2, 0.25) is 5.43 Å². The molecule has 10 heteroatoms. The summed E-state index contributed by atoms with van der Waals surface area (Å²) in [6.07, 6.45) is -2.91. The van der Waals surface area contributed by atoms with Crippen molar-refractivity contribution in [3.63, 3.8) is 0 Å². The van der Waals surface area contributed by atoms with Gasteiger partial charge in [0.15, 0.2) is 11.5 Å². The number of hydrogen-bond donors (Lipinski definition) is 1. The number of carbonyl (C=O) groups is 1. The van der Waals surface area contributed by atoms with Crippen LogP contribution in [0.3, 0.4) is 0 Å². The minimum Gasteiger partial charge on any atom is -0.304 e. The van der Waals surface area contributed by atoms with Gasteiger partial charge < -0.3 is 5.32 Å². The van der Waals surface area contributed by atoms with Gasteiger partial charge in [0.25, 0.3) is 5.91 Å². The zero-order valence-electron chi connectivity index (χ0n) is 16.7. The van der Waals surface area contributed by atoms with E-state index < -0.39 is 28.8 Å². The van der Waals surface area contributed by atoms with Gasteiger partial charge in [-0.15, -0.1) is 0 Å². The van der Waals surface area contributed by atoms with E-state index in [2.05, 4.69) is 15.5 Å². The summed E-state index contributed by atoms with van der Waals surface area (Å²) in [5.41, 5.74) is -0.882. The van der Waals surface area contributed by atoms with E-state index in [9.17, 15) is 22.8 Å². The minimum atomic E-state index is -4.54. The number of benzene rings is 2. The number of aryl methyl sites for hydroxylation is 1. The van der Waals surface area contributed by atoms with Crippen molar-refractivity contribution in [2.75, 3.05) is 5.32 Å². The van der Waals surface area contributed by atoms with Gasteiger partial charge in [-0.1, -0.05) is 24.3 Å². The van der Waals surface area contributed by atoms with Gasteiger partial charge in [-0.05, 0) is 37.3 Å². The van der Waals surface area contributed by atoms with Crippen LogP contribution in [0.2, 0.25) is 0 Å². The minimum absolute atomic E-state index is 0.0692. The molecule has 0 unspecified atom stereocenters. The van der Waals surface area contributed by atoms with Gasteiger partial charge in [-0.3, -0.25) is 9.59 Å². The third kappa shape index (κ3) is 4.29. The van der Waals surface area contributed by atoms with Crippen molar-refractivity contribution in [3.8, 4) is 11.4 Å². The molecule has 1 amide bonds. The number of halogens is 3. The van der Waals surface area contributed by atoms with Gasteiger partial charge in [0.1, 0.15) is 0 Å². The molecule has 0 aliphatic carbocycles. The molecule has 0 radical (unpaired) electrons. The lowest BCUT2D eigenvalue weighted by molar-refractivity contribution is -0.137. The highest BCUT2D eigenvalue weighted by molar-refractivity contribution is 6.02. The molecule has 0 aliphatic rings. The van der Waals surface area contributed by atoms with E-state index in [1.807, 2.05) is 30.3 Å². The van der Waals surface area contributed by atoms with Crippen LogP contribution < -0.4 is 10.7 Å². The number of rotatable bonds is 4. The van der Waals surface area contributed by atoms with Crippen molar-refractivity contribution < 1.29 is 18.0 Å². The Bertz CT molecular complexity index is 1340. The molecule has 0 atom stereocenters. The van der Waals surface area contributed by atoms with Crippen molar-refractivity contribution in [3.05, 3.63) is 100 Å². The second-order valence-electron chi connectivity index (χ2n) is 6.89. The third-order valence-electron chi connectivity index (χ3n) is 4.59. The number of hydrogen-bond acceptors (Lipinski definition) is 4. The fourth-order valence-electron chi connectivity index (χ4n) is 3.07. The molecule has 7 nitrogen and oxygen atoms in total. The molecule has 2 aromatic carbocycles. The maximum Gasteiger partial charge on any atom is 0.416 e. The molecule has 2 heterocycles. The number of amides is 1. The standard InChI is InChI=1S/C22H16F3N5O2/c1-14-12-18(31)20(28-30(14)17-9-5-6-15(13-17)22(23,24)25)21(32)26-19-10-11-29(27-19)16-7-3-2-4-8-16/h2-13H,1H3,(H,26,27,32). The fraction of sp³-hybridized carbons (Fsp3) is 0.0909. The lowest BCUT2D eigenvalue weighted by atomic mass is 10.2. The van der Waals surface area contributed by atoms with Crippen LogP contribution in [-0.2, 0) is 6.18 Å². The van der Waals surface area contributed by atoms with Crippen LogP contribution in [0.4, 0.5) is 19.0 Å². The number of alkyl halides is 3. The summed E-state index contributed by atoms with van der Waals surface area (Å²) in [5, 5.41) is 10.7. The fourth-order valence-corrected chi connectivity index (χ4v) is 3.07. The van der Waals surface area contributed by atoms with Gasteiger partial charge in [0.05, 0.1) is 16.9 Å². The SMILES string of the molecule is Cc1cc(=O)c(C(=O)Nc2ccn(-c3ccccc3)n2)nn1-c1cccc(C(F)(F)F)c1. The maximum absolute atomic E-state index is 13.1. The Morgan fingerprint density at radius 1 is 0.938 bits per heavy atom. The molecular weight excluding hydrogens is 423 g/mol. The molecule has 1 N–H and O–H groups in total. The zero-order chi connectivity index (χ0) is 22.9. The summed E-state index contributed by atoms with van der Waals surface area (Å²) >= 11 is 0. The van der Waals surface area contributed by atoms with Crippen LogP contribution in [0.5, 0.6) is 0 Å². The van der Waals surface area contributed by atoms with Crippen LogP contribution in [0.25, 0.3) is 11.4 Å². The van der Waals surface area contributed by atoms with Crippen LogP contribution in [0, 0.1) is 6.92 Å². The van der Waals surface area contributed by atoms with Gasteiger partial charge >= 0.3 is 6.18 Å². The van der Waals surface area contributed by atoms with E-state index in [1.165, 1.54) is 19.1 Å². The van der Waals surface area contributed by atoms with Crippen LogP contribution in [0.15, 0.2) is 77.7 Å². The first-order valence-corrected chi connectivity index (χ1v) is 9.43. The normalized spacial score (nSPS) is 11.4. The maximum atomic E-state index is 13.1. The first-order valence-electron chi connectivity index (χ1n) is 9.43. The molecule has 162 valence electrons. The average Bonchev–Trinajstić information content (AvgIpc) is 3.22. The lowest BCUT2D eigenvalue weighted by Gasteiger charge is -2.13. The van der Waals surface area contributed by atoms with Crippen LogP contribution in [-0.4, -0.2) is 25.5 Å². The van der Waals surface area contributed by atoms with Crippen molar-refractivity contribution in [2.45, 2.75) is 13.1 Å². The van der Waals surface area contributed by atoms with Gasteiger partial charge in [-0.2, -0.15) is 23.4 Å². The molecule has 0 saturated heterocycles. The Labute approximate surface area is 179 Å². The van der Waals surface area contributed by atoms with E-state index in [0.717, 1.165) is 28.6 Å². The van der Waals surface area contributed by atoms with E-state index in [0.29, 0.717) is 0 Å².